The van der Waals surface area contributed by atoms with Gasteiger partial charge in [0.15, 0.2) is 0 Å². The molecule has 124 valence electrons. The maximum atomic E-state index is 12.9. The number of thioether (sulfide) groups is 1. The van der Waals surface area contributed by atoms with Crippen LogP contribution in [0, 0.1) is 6.92 Å². The average Bonchev–Trinajstić information content (AvgIpc) is 3.02. The molecule has 1 saturated heterocycles. The van der Waals surface area contributed by atoms with E-state index in [1.54, 1.807) is 11.8 Å². The number of amides is 2. The summed E-state index contributed by atoms with van der Waals surface area (Å²) in [5.41, 5.74) is 1.23. The van der Waals surface area contributed by atoms with Gasteiger partial charge in [-0.05, 0) is 38.3 Å². The smallest absolute Gasteiger partial charge is 0.236 e. The Labute approximate surface area is 141 Å². The monoisotopic (exact) mass is 332 g/mol. The molecule has 0 aromatic heterocycles. The lowest BCUT2D eigenvalue weighted by atomic mass is 10.0. The first-order valence-electron chi connectivity index (χ1n) is 8.41. The molecule has 5 heteroatoms. The molecule has 2 fully saturated rings. The lowest BCUT2D eigenvalue weighted by molar-refractivity contribution is -0.126. The van der Waals surface area contributed by atoms with E-state index < -0.39 is 0 Å². The van der Waals surface area contributed by atoms with Crippen molar-refractivity contribution in [1.82, 2.24) is 10.6 Å². The van der Waals surface area contributed by atoms with E-state index >= 15 is 0 Å². The number of carbonyl (C=O) groups excluding carboxylic acids is 2. The summed E-state index contributed by atoms with van der Waals surface area (Å²) in [4.78, 5) is 25.4. The largest absolute Gasteiger partial charge is 0.354 e. The summed E-state index contributed by atoms with van der Waals surface area (Å²) in [6.07, 6.45) is 5.31. The van der Waals surface area contributed by atoms with Gasteiger partial charge < -0.3 is 10.6 Å². The summed E-state index contributed by atoms with van der Waals surface area (Å²) < 4.78 is -0.350. The fraction of sp³-hybridized carbons (Fsp3) is 0.556. The van der Waals surface area contributed by atoms with Gasteiger partial charge in [-0.3, -0.25) is 9.59 Å². The van der Waals surface area contributed by atoms with E-state index in [1.165, 1.54) is 5.56 Å². The molecule has 1 aliphatic carbocycles. The Kier molecular flexibility index (Phi) is 4.95. The van der Waals surface area contributed by atoms with Crippen molar-refractivity contribution in [2.45, 2.75) is 61.1 Å². The van der Waals surface area contributed by atoms with Crippen molar-refractivity contribution >= 4 is 23.6 Å². The second-order valence-corrected chi connectivity index (χ2v) is 8.09. The van der Waals surface area contributed by atoms with Crippen molar-refractivity contribution < 1.29 is 9.59 Å². The van der Waals surface area contributed by atoms with Gasteiger partial charge in [-0.15, -0.1) is 11.8 Å². The van der Waals surface area contributed by atoms with Gasteiger partial charge in [0.1, 0.15) is 0 Å². The van der Waals surface area contributed by atoms with Crippen LogP contribution >= 0.6 is 11.8 Å². The van der Waals surface area contributed by atoms with E-state index in [0.717, 1.165) is 37.0 Å². The predicted molar refractivity (Wildman–Crippen MR) is 92.4 cm³/mol. The number of rotatable bonds is 4. The summed E-state index contributed by atoms with van der Waals surface area (Å²) in [6.45, 7) is 2.62. The van der Waals surface area contributed by atoms with Crippen molar-refractivity contribution in [2.24, 2.45) is 0 Å². The third-order valence-electron chi connectivity index (χ3n) is 4.76. The van der Waals surface area contributed by atoms with Crippen LogP contribution in [-0.4, -0.2) is 29.1 Å². The first kappa shape index (κ1) is 16.4. The quantitative estimate of drug-likeness (QED) is 0.891. The van der Waals surface area contributed by atoms with Gasteiger partial charge >= 0.3 is 0 Å². The third kappa shape index (κ3) is 3.89. The zero-order valence-electron chi connectivity index (χ0n) is 13.6. The van der Waals surface area contributed by atoms with E-state index in [9.17, 15) is 9.59 Å². The first-order chi connectivity index (χ1) is 11.1. The Bertz CT molecular complexity index is 569. The highest BCUT2D eigenvalue weighted by Gasteiger charge is 2.43. The van der Waals surface area contributed by atoms with Crippen molar-refractivity contribution in [3.63, 3.8) is 0 Å². The molecule has 0 unspecified atom stereocenters. The SMILES string of the molecule is Cc1ccc(SC2(C(=O)N[C@H]3CCC(=O)NC3)CCCC2)cc1. The van der Waals surface area contributed by atoms with Crippen LogP contribution in [0.4, 0.5) is 0 Å². The molecule has 0 bridgehead atoms. The minimum Gasteiger partial charge on any atom is -0.354 e. The molecule has 4 nitrogen and oxygen atoms in total. The predicted octanol–water partition coefficient (Wildman–Crippen LogP) is 2.79. The molecule has 23 heavy (non-hydrogen) atoms. The Morgan fingerprint density at radius 2 is 1.96 bits per heavy atom. The molecule has 1 atom stereocenters. The minimum atomic E-state index is -0.350. The van der Waals surface area contributed by atoms with Gasteiger partial charge in [0.05, 0.1) is 4.75 Å². The molecular weight excluding hydrogens is 308 g/mol. The highest BCUT2D eigenvalue weighted by Crippen LogP contribution is 2.45. The molecule has 1 aromatic rings. The van der Waals surface area contributed by atoms with Crippen LogP contribution in [-0.2, 0) is 9.59 Å². The molecule has 0 radical (unpaired) electrons. The fourth-order valence-electron chi connectivity index (χ4n) is 3.33. The molecule has 1 saturated carbocycles. The number of piperidine rings is 1. The molecule has 1 aromatic carbocycles. The van der Waals surface area contributed by atoms with Crippen LogP contribution in [0.15, 0.2) is 29.2 Å². The molecule has 2 aliphatic rings. The minimum absolute atomic E-state index is 0.0660. The first-order valence-corrected chi connectivity index (χ1v) is 9.22. The summed E-state index contributed by atoms with van der Waals surface area (Å²) in [6, 6.07) is 8.47. The van der Waals surface area contributed by atoms with Gasteiger partial charge in [0, 0.05) is 23.9 Å². The van der Waals surface area contributed by atoms with E-state index in [0.29, 0.717) is 13.0 Å². The summed E-state index contributed by atoms with van der Waals surface area (Å²) >= 11 is 1.71. The Morgan fingerprint density at radius 1 is 1.26 bits per heavy atom. The number of benzene rings is 1. The highest BCUT2D eigenvalue weighted by molar-refractivity contribution is 8.01. The van der Waals surface area contributed by atoms with Crippen LogP contribution in [0.25, 0.3) is 0 Å². The molecule has 0 spiro atoms. The van der Waals surface area contributed by atoms with Gasteiger partial charge in [-0.2, -0.15) is 0 Å². The maximum absolute atomic E-state index is 12.9. The van der Waals surface area contributed by atoms with Gasteiger partial charge in [-0.25, -0.2) is 0 Å². The molecule has 1 aliphatic heterocycles. The third-order valence-corrected chi connectivity index (χ3v) is 6.25. The van der Waals surface area contributed by atoms with E-state index in [4.69, 9.17) is 0 Å². The number of carbonyl (C=O) groups is 2. The number of nitrogens with one attached hydrogen (secondary N) is 2. The Morgan fingerprint density at radius 3 is 2.57 bits per heavy atom. The second-order valence-electron chi connectivity index (χ2n) is 6.63. The van der Waals surface area contributed by atoms with Crippen molar-refractivity contribution in [3.8, 4) is 0 Å². The lowest BCUT2D eigenvalue weighted by Crippen LogP contribution is -2.52. The maximum Gasteiger partial charge on any atom is 0.236 e. The molecule has 2 amide bonds. The molecule has 2 N–H and O–H groups in total. The van der Waals surface area contributed by atoms with Crippen LogP contribution < -0.4 is 10.6 Å². The summed E-state index contributed by atoms with van der Waals surface area (Å²) in [5, 5.41) is 6.02. The Balaban J connectivity index is 1.68. The zero-order chi connectivity index (χ0) is 16.3. The number of hydrogen-bond acceptors (Lipinski definition) is 3. The van der Waals surface area contributed by atoms with E-state index in [-0.39, 0.29) is 22.6 Å². The number of hydrogen-bond donors (Lipinski definition) is 2. The van der Waals surface area contributed by atoms with Crippen molar-refractivity contribution in [1.29, 1.82) is 0 Å². The van der Waals surface area contributed by atoms with Gasteiger partial charge in [-0.1, -0.05) is 30.5 Å². The molecule has 1 heterocycles. The normalized spacial score (nSPS) is 23.3. The van der Waals surface area contributed by atoms with E-state index in [1.807, 2.05) is 0 Å². The number of aryl methyl sites for hydroxylation is 1. The summed E-state index contributed by atoms with van der Waals surface area (Å²) in [5.74, 6) is 0.224. The Hall–Kier alpha value is -1.49. The average molecular weight is 332 g/mol. The van der Waals surface area contributed by atoms with Gasteiger partial charge in [0.2, 0.25) is 11.8 Å². The standard InChI is InChI=1S/C18H24N2O2S/c1-13-4-7-15(8-5-13)23-18(10-2-3-11-18)17(22)20-14-6-9-16(21)19-12-14/h4-5,7-8,14H,2-3,6,9-12H2,1H3,(H,19,21)(H,20,22)/t14-/m0/s1. The lowest BCUT2D eigenvalue weighted by Gasteiger charge is -2.31. The second kappa shape index (κ2) is 6.95. The molecule has 3 rings (SSSR count). The zero-order valence-corrected chi connectivity index (χ0v) is 14.4. The topological polar surface area (TPSA) is 58.2 Å². The van der Waals surface area contributed by atoms with Gasteiger partial charge in [0.25, 0.3) is 0 Å². The van der Waals surface area contributed by atoms with Crippen LogP contribution in [0.2, 0.25) is 0 Å². The van der Waals surface area contributed by atoms with Crippen molar-refractivity contribution in [2.75, 3.05) is 6.54 Å². The van der Waals surface area contributed by atoms with Crippen LogP contribution in [0.3, 0.4) is 0 Å². The van der Waals surface area contributed by atoms with Crippen LogP contribution in [0.1, 0.15) is 44.1 Å². The van der Waals surface area contributed by atoms with Crippen LogP contribution in [0.5, 0.6) is 0 Å². The summed E-state index contributed by atoms with van der Waals surface area (Å²) in [7, 11) is 0. The fourth-order valence-corrected chi connectivity index (χ4v) is 4.69. The van der Waals surface area contributed by atoms with Crippen molar-refractivity contribution in [3.05, 3.63) is 29.8 Å². The molecular formula is C18H24N2O2S. The van der Waals surface area contributed by atoms with E-state index in [2.05, 4.69) is 41.8 Å². The highest BCUT2D eigenvalue weighted by atomic mass is 32.2.